The molecule has 0 aromatic heterocycles. The molecule has 0 aliphatic rings. The molecule has 0 radical (unpaired) electrons. The van der Waals surface area contributed by atoms with E-state index in [1.54, 1.807) is 0 Å². The fourth-order valence-electron chi connectivity index (χ4n) is 3.12. The lowest BCUT2D eigenvalue weighted by atomic mass is 10.0. The largest absolute Gasteiger partial charge is 0.459 e. The van der Waals surface area contributed by atoms with Crippen LogP contribution in [0.25, 0.3) is 0 Å². The summed E-state index contributed by atoms with van der Waals surface area (Å²) in [4.78, 5) is 12.1. The van der Waals surface area contributed by atoms with Crippen LogP contribution in [0.15, 0.2) is 18.2 Å². The molecule has 0 fully saturated rings. The summed E-state index contributed by atoms with van der Waals surface area (Å²) in [5.41, 5.74) is -1.59. The van der Waals surface area contributed by atoms with Gasteiger partial charge in [-0.3, -0.25) is 0 Å². The maximum Gasteiger partial charge on any atom is 0.416 e. The predicted molar refractivity (Wildman–Crippen MR) is 103 cm³/mol. The van der Waals surface area contributed by atoms with Gasteiger partial charge in [-0.15, -0.1) is 0 Å². The van der Waals surface area contributed by atoms with Gasteiger partial charge >= 0.3 is 12.1 Å². The summed E-state index contributed by atoms with van der Waals surface area (Å²) in [6, 6.07) is 1.79. The van der Waals surface area contributed by atoms with E-state index in [0.29, 0.717) is 25.0 Å². The lowest BCUT2D eigenvalue weighted by molar-refractivity contribution is -0.137. The molecule has 0 saturated heterocycles. The molecule has 0 amide bonds. The first-order valence-electron chi connectivity index (χ1n) is 10.4. The number of hydrogen-bond acceptors (Lipinski definition) is 2. The molecule has 2 nitrogen and oxygen atoms in total. The maximum atomic E-state index is 13.4. The SMILES string of the molecule is CCCCCCCCCCCC(CC)OC(=O)c1cc(F)cc(C(F)(F)F)c1. The Bertz CT molecular complexity index is 584. The molecule has 1 atom stereocenters. The second-order valence-corrected chi connectivity index (χ2v) is 7.28. The van der Waals surface area contributed by atoms with Gasteiger partial charge < -0.3 is 4.74 Å². The van der Waals surface area contributed by atoms with Gasteiger partial charge in [0, 0.05) is 0 Å². The number of benzene rings is 1. The maximum absolute atomic E-state index is 13.4. The number of esters is 1. The van der Waals surface area contributed by atoms with Crippen LogP contribution in [0.1, 0.15) is 100 Å². The number of alkyl halides is 3. The van der Waals surface area contributed by atoms with Crippen molar-refractivity contribution in [3.05, 3.63) is 35.1 Å². The Morgan fingerprint density at radius 2 is 1.50 bits per heavy atom. The van der Waals surface area contributed by atoms with Gasteiger partial charge in [-0.2, -0.15) is 13.2 Å². The Balaban J connectivity index is 2.40. The minimum Gasteiger partial charge on any atom is -0.459 e. The van der Waals surface area contributed by atoms with E-state index in [2.05, 4.69) is 6.92 Å². The molecule has 1 unspecified atom stereocenters. The number of ether oxygens (including phenoxy) is 1. The van der Waals surface area contributed by atoms with Crippen molar-refractivity contribution in [3.8, 4) is 0 Å². The fourth-order valence-corrected chi connectivity index (χ4v) is 3.12. The molecule has 0 saturated carbocycles. The van der Waals surface area contributed by atoms with Gasteiger partial charge in [0.25, 0.3) is 0 Å². The van der Waals surface area contributed by atoms with Crippen molar-refractivity contribution in [3.63, 3.8) is 0 Å². The van der Waals surface area contributed by atoms with Gasteiger partial charge in [-0.1, -0.05) is 65.2 Å². The molecule has 0 heterocycles. The zero-order valence-electron chi connectivity index (χ0n) is 16.9. The molecule has 160 valence electrons. The third kappa shape index (κ3) is 9.56. The van der Waals surface area contributed by atoms with Crippen molar-refractivity contribution in [2.45, 2.75) is 96.8 Å². The van der Waals surface area contributed by atoms with Crippen LogP contribution in [0.5, 0.6) is 0 Å². The Morgan fingerprint density at radius 3 is 2.04 bits per heavy atom. The first kappa shape index (κ1) is 24.4. The first-order valence-corrected chi connectivity index (χ1v) is 10.4. The monoisotopic (exact) mass is 404 g/mol. The summed E-state index contributed by atoms with van der Waals surface area (Å²) in [6.45, 7) is 4.05. The van der Waals surface area contributed by atoms with Crippen LogP contribution in [0.3, 0.4) is 0 Å². The molecule has 1 aromatic carbocycles. The predicted octanol–water partition coefficient (Wildman–Crippen LogP) is 7.70. The van der Waals surface area contributed by atoms with Gasteiger partial charge in [0.05, 0.1) is 11.1 Å². The number of halogens is 4. The summed E-state index contributed by atoms with van der Waals surface area (Å²) in [5.74, 6) is -2.01. The van der Waals surface area contributed by atoms with Gasteiger partial charge in [-0.25, -0.2) is 9.18 Å². The van der Waals surface area contributed by atoms with Crippen LogP contribution >= 0.6 is 0 Å². The van der Waals surface area contributed by atoms with Crippen molar-refractivity contribution < 1.29 is 27.1 Å². The van der Waals surface area contributed by atoms with E-state index in [9.17, 15) is 22.4 Å². The Labute approximate surface area is 165 Å². The van der Waals surface area contributed by atoms with Crippen LogP contribution in [0.2, 0.25) is 0 Å². The van der Waals surface area contributed by atoms with Crippen LogP contribution in [0, 0.1) is 5.82 Å². The van der Waals surface area contributed by atoms with Crippen LogP contribution in [0.4, 0.5) is 17.6 Å². The van der Waals surface area contributed by atoms with E-state index in [1.807, 2.05) is 6.92 Å². The second kappa shape index (κ2) is 12.8. The molecule has 0 aliphatic carbocycles. The average molecular weight is 404 g/mol. The van der Waals surface area contributed by atoms with Gasteiger partial charge in [0.2, 0.25) is 0 Å². The highest BCUT2D eigenvalue weighted by Gasteiger charge is 2.32. The Kier molecular flexibility index (Phi) is 11.2. The summed E-state index contributed by atoms with van der Waals surface area (Å²) < 4.78 is 57.1. The molecule has 0 bridgehead atoms. The van der Waals surface area contributed by atoms with E-state index in [0.717, 1.165) is 25.3 Å². The van der Waals surface area contributed by atoms with Gasteiger partial charge in [0.15, 0.2) is 0 Å². The van der Waals surface area contributed by atoms with Crippen molar-refractivity contribution in [2.75, 3.05) is 0 Å². The molecular weight excluding hydrogens is 372 g/mol. The van der Waals surface area contributed by atoms with Gasteiger partial charge in [-0.05, 0) is 37.5 Å². The zero-order chi connectivity index (χ0) is 21.0. The van der Waals surface area contributed by atoms with Crippen molar-refractivity contribution in [1.82, 2.24) is 0 Å². The fraction of sp³-hybridized carbons (Fsp3) is 0.682. The molecular formula is C22H32F4O2. The second-order valence-electron chi connectivity index (χ2n) is 7.28. The van der Waals surface area contributed by atoms with E-state index in [1.165, 1.54) is 38.5 Å². The Morgan fingerprint density at radius 1 is 0.929 bits per heavy atom. The molecule has 28 heavy (non-hydrogen) atoms. The molecule has 0 aliphatic heterocycles. The number of carbonyl (C=O) groups excluding carboxylic acids is 1. The molecule has 0 N–H and O–H groups in total. The third-order valence-electron chi connectivity index (χ3n) is 4.82. The lowest BCUT2D eigenvalue weighted by Crippen LogP contribution is -2.18. The normalized spacial score (nSPS) is 12.8. The summed E-state index contributed by atoms with van der Waals surface area (Å²) in [6.07, 6.45) is 6.78. The minimum atomic E-state index is -4.71. The van der Waals surface area contributed by atoms with Gasteiger partial charge in [0.1, 0.15) is 11.9 Å². The Hall–Kier alpha value is -1.59. The van der Waals surface area contributed by atoms with E-state index in [4.69, 9.17) is 4.74 Å². The van der Waals surface area contributed by atoms with Crippen molar-refractivity contribution >= 4 is 5.97 Å². The van der Waals surface area contributed by atoms with Crippen LogP contribution in [-0.4, -0.2) is 12.1 Å². The number of carbonyl (C=O) groups is 1. The number of hydrogen-bond donors (Lipinski definition) is 0. The van der Waals surface area contributed by atoms with E-state index >= 15 is 0 Å². The third-order valence-corrected chi connectivity index (χ3v) is 4.82. The molecule has 6 heteroatoms. The highest BCUT2D eigenvalue weighted by molar-refractivity contribution is 5.89. The highest BCUT2D eigenvalue weighted by atomic mass is 19.4. The first-order chi connectivity index (χ1) is 13.3. The average Bonchev–Trinajstić information content (AvgIpc) is 2.64. The molecule has 1 rings (SSSR count). The minimum absolute atomic E-state index is 0.366. The van der Waals surface area contributed by atoms with Crippen LogP contribution < -0.4 is 0 Å². The molecule has 1 aromatic rings. The lowest BCUT2D eigenvalue weighted by Gasteiger charge is -2.17. The van der Waals surface area contributed by atoms with Crippen molar-refractivity contribution in [2.24, 2.45) is 0 Å². The summed E-state index contributed by atoms with van der Waals surface area (Å²) in [5, 5.41) is 0. The van der Waals surface area contributed by atoms with Crippen molar-refractivity contribution in [1.29, 1.82) is 0 Å². The quantitative estimate of drug-likeness (QED) is 0.191. The standard InChI is InChI=1S/C22H32F4O2/c1-3-5-6-7-8-9-10-11-12-13-20(4-2)28-21(27)17-14-18(22(24,25)26)16-19(23)15-17/h14-16,20H,3-13H2,1-2H3. The highest BCUT2D eigenvalue weighted by Crippen LogP contribution is 2.30. The number of rotatable bonds is 13. The van der Waals surface area contributed by atoms with E-state index in [-0.39, 0.29) is 6.10 Å². The van der Waals surface area contributed by atoms with E-state index < -0.39 is 29.1 Å². The van der Waals surface area contributed by atoms with Crippen LogP contribution in [-0.2, 0) is 10.9 Å². The summed E-state index contributed by atoms with van der Waals surface area (Å²) in [7, 11) is 0. The molecule has 0 spiro atoms. The smallest absolute Gasteiger partial charge is 0.416 e. The summed E-state index contributed by atoms with van der Waals surface area (Å²) >= 11 is 0. The topological polar surface area (TPSA) is 26.3 Å². The number of unbranched alkanes of at least 4 members (excludes halogenated alkanes) is 8. The zero-order valence-corrected chi connectivity index (χ0v) is 16.9.